The Morgan fingerprint density at radius 3 is 1.56 bits per heavy atom. The number of aldehydes is 1. The molecular formula is C36H40N4O. The van der Waals surface area contributed by atoms with Crippen LogP contribution in [0.4, 0.5) is 11.4 Å². The summed E-state index contributed by atoms with van der Waals surface area (Å²) in [5, 5.41) is 8.32. The number of nitrogens with two attached hydrogens (primary N) is 3. The van der Waals surface area contributed by atoms with Gasteiger partial charge in [0, 0.05) is 39.4 Å². The first-order chi connectivity index (χ1) is 20.0. The fraction of sp³-hybridized carbons (Fsp3) is 0.0833. The molecule has 0 atom stereocenters. The summed E-state index contributed by atoms with van der Waals surface area (Å²) in [6.07, 6.45) is 0.867. The van der Waals surface area contributed by atoms with Gasteiger partial charge in [-0.3, -0.25) is 4.79 Å². The van der Waals surface area contributed by atoms with Crippen molar-refractivity contribution in [3.63, 3.8) is 0 Å². The van der Waals surface area contributed by atoms with Crippen molar-refractivity contribution in [2.75, 3.05) is 11.5 Å². The average Bonchev–Trinajstić information content (AvgIpc) is 3.03. The lowest BCUT2D eigenvalue weighted by atomic mass is 10.1. The number of nitrogen functional groups attached to an aromatic ring is 2. The molecule has 7 N–H and O–H groups in total. The summed E-state index contributed by atoms with van der Waals surface area (Å²) in [4.78, 5) is 10.5. The van der Waals surface area contributed by atoms with Crippen LogP contribution in [0, 0.1) is 0 Å². The summed E-state index contributed by atoms with van der Waals surface area (Å²) in [5.74, 6) is 0. The van der Waals surface area contributed by atoms with E-state index in [1.165, 1.54) is 27.3 Å². The van der Waals surface area contributed by atoms with E-state index in [1.807, 2.05) is 78.9 Å². The van der Waals surface area contributed by atoms with Gasteiger partial charge in [0.25, 0.3) is 0 Å². The molecule has 0 aromatic heterocycles. The molecule has 41 heavy (non-hydrogen) atoms. The van der Waals surface area contributed by atoms with Gasteiger partial charge in [0.05, 0.1) is 0 Å². The summed E-state index contributed by atoms with van der Waals surface area (Å²) in [5.41, 5.74) is 22.5. The summed E-state index contributed by atoms with van der Waals surface area (Å²) >= 11 is 0. The molecule has 0 unspecified atom stereocenters. The number of hydrogen-bond acceptors (Lipinski definition) is 5. The highest BCUT2D eigenvalue weighted by Crippen LogP contribution is 2.16. The van der Waals surface area contributed by atoms with Gasteiger partial charge in [-0.05, 0) is 74.6 Å². The highest BCUT2D eigenvalue weighted by atomic mass is 16.1. The number of fused-ring (bicyclic) bond motifs is 2. The monoisotopic (exact) mass is 544 g/mol. The van der Waals surface area contributed by atoms with Crippen molar-refractivity contribution in [3.8, 4) is 0 Å². The zero-order valence-electron chi connectivity index (χ0n) is 23.0. The number of anilines is 2. The molecule has 0 saturated heterocycles. The van der Waals surface area contributed by atoms with Crippen LogP contribution in [-0.2, 0) is 19.6 Å². The van der Waals surface area contributed by atoms with Crippen molar-refractivity contribution < 1.29 is 7.65 Å². The summed E-state index contributed by atoms with van der Waals surface area (Å²) in [7, 11) is 0. The number of carbonyl (C=O) groups excluding carboxylic acids is 1. The Morgan fingerprint density at radius 2 is 1.00 bits per heavy atom. The van der Waals surface area contributed by atoms with Crippen LogP contribution in [0.3, 0.4) is 0 Å². The summed E-state index contributed by atoms with van der Waals surface area (Å²) in [6, 6.07) is 44.2. The maximum Gasteiger partial charge on any atom is 0.150 e. The Bertz CT molecular complexity index is 1690. The third kappa shape index (κ3) is 9.04. The molecule has 0 saturated carbocycles. The predicted octanol–water partition coefficient (Wildman–Crippen LogP) is 7.58. The minimum Gasteiger partial charge on any atom is -0.399 e. The number of hydrogen-bond donors (Lipinski definition) is 4. The SMILES string of the molecule is NCc1ccc(N)cc1.Nc1ccc(CNCc2ccc3ccccc3c2)cc1.O=Cc1ccc2ccccc2c1.[HH].[HH]. The maximum atomic E-state index is 10.5. The molecule has 210 valence electrons. The van der Waals surface area contributed by atoms with Crippen LogP contribution in [-0.4, -0.2) is 6.29 Å². The Kier molecular flexibility index (Phi) is 10.6. The first-order valence-corrected chi connectivity index (χ1v) is 13.6. The van der Waals surface area contributed by atoms with Gasteiger partial charge in [-0.1, -0.05) is 97.1 Å². The number of benzene rings is 6. The Labute approximate surface area is 244 Å². The molecule has 0 aliphatic rings. The van der Waals surface area contributed by atoms with Gasteiger partial charge in [0.15, 0.2) is 0 Å². The minimum absolute atomic E-state index is 0. The minimum atomic E-state index is 0. The van der Waals surface area contributed by atoms with Crippen molar-refractivity contribution >= 4 is 39.2 Å². The van der Waals surface area contributed by atoms with Gasteiger partial charge in [-0.2, -0.15) is 0 Å². The first kappa shape index (κ1) is 29.0. The summed E-state index contributed by atoms with van der Waals surface area (Å²) in [6.45, 7) is 2.31. The molecule has 5 heteroatoms. The molecule has 6 aromatic carbocycles. The van der Waals surface area contributed by atoms with Crippen LogP contribution >= 0.6 is 0 Å². The van der Waals surface area contributed by atoms with Crippen LogP contribution in [0.2, 0.25) is 0 Å². The van der Waals surface area contributed by atoms with E-state index in [0.717, 1.165) is 47.3 Å². The molecule has 0 radical (unpaired) electrons. The van der Waals surface area contributed by atoms with E-state index in [4.69, 9.17) is 17.2 Å². The molecule has 6 rings (SSSR count). The Morgan fingerprint density at radius 1 is 0.537 bits per heavy atom. The molecule has 0 spiro atoms. The molecule has 0 fully saturated rings. The van der Waals surface area contributed by atoms with Gasteiger partial charge in [0.1, 0.15) is 6.29 Å². The van der Waals surface area contributed by atoms with Crippen LogP contribution in [0.25, 0.3) is 21.5 Å². The average molecular weight is 545 g/mol. The van der Waals surface area contributed by atoms with E-state index in [2.05, 4.69) is 59.9 Å². The topological polar surface area (TPSA) is 107 Å². The summed E-state index contributed by atoms with van der Waals surface area (Å²) < 4.78 is 0. The molecule has 0 aliphatic carbocycles. The van der Waals surface area contributed by atoms with Gasteiger partial charge in [-0.25, -0.2) is 0 Å². The largest absolute Gasteiger partial charge is 0.399 e. The highest BCUT2D eigenvalue weighted by molar-refractivity contribution is 5.88. The van der Waals surface area contributed by atoms with Crippen LogP contribution < -0.4 is 22.5 Å². The van der Waals surface area contributed by atoms with Crippen molar-refractivity contribution in [1.82, 2.24) is 5.32 Å². The number of carbonyl (C=O) groups is 1. The molecule has 6 aromatic rings. The highest BCUT2D eigenvalue weighted by Gasteiger charge is 1.97. The fourth-order valence-corrected chi connectivity index (χ4v) is 4.27. The standard InChI is InChI=1S/C18H18N2.C11H8O.C7H10N2.2H2/c19-18-9-6-14(7-10-18)12-20-13-15-5-8-16-3-1-2-4-17(16)11-15;12-8-9-5-6-10-3-1-2-4-11(10)7-9;8-5-6-1-3-7(9)4-2-6;;/h1-11,20H,12-13,19H2;1-8H;1-4H,5,8-9H2;2*1H. The first-order valence-electron chi connectivity index (χ1n) is 13.6. The normalized spacial score (nSPS) is 10.3. The van der Waals surface area contributed by atoms with Gasteiger partial charge >= 0.3 is 0 Å². The zero-order chi connectivity index (χ0) is 28.9. The lowest BCUT2D eigenvalue weighted by Crippen LogP contribution is -2.12. The van der Waals surface area contributed by atoms with Crippen LogP contribution in [0.1, 0.15) is 29.9 Å². The van der Waals surface area contributed by atoms with E-state index in [1.54, 1.807) is 0 Å². The van der Waals surface area contributed by atoms with E-state index < -0.39 is 0 Å². The molecule has 0 heterocycles. The Hall–Kier alpha value is -4.97. The van der Waals surface area contributed by atoms with Crippen molar-refractivity contribution in [3.05, 3.63) is 156 Å². The second kappa shape index (κ2) is 15.0. The molecule has 0 bridgehead atoms. The lowest BCUT2D eigenvalue weighted by Gasteiger charge is -2.07. The van der Waals surface area contributed by atoms with Crippen molar-refractivity contribution in [2.45, 2.75) is 19.6 Å². The van der Waals surface area contributed by atoms with Crippen molar-refractivity contribution in [2.24, 2.45) is 5.73 Å². The quantitative estimate of drug-likeness (QED) is 0.128. The second-order valence-corrected chi connectivity index (χ2v) is 9.70. The van der Waals surface area contributed by atoms with Crippen molar-refractivity contribution in [1.29, 1.82) is 0 Å². The molecular weight excluding hydrogens is 504 g/mol. The van der Waals surface area contributed by atoms with E-state index in [9.17, 15) is 4.79 Å². The lowest BCUT2D eigenvalue weighted by molar-refractivity contribution is 0.112. The smallest absolute Gasteiger partial charge is 0.150 e. The predicted molar refractivity (Wildman–Crippen MR) is 178 cm³/mol. The second-order valence-electron chi connectivity index (χ2n) is 9.70. The van der Waals surface area contributed by atoms with E-state index in [0.29, 0.717) is 6.54 Å². The van der Waals surface area contributed by atoms with Gasteiger partial charge in [0.2, 0.25) is 0 Å². The Balaban J connectivity index is 0.000000241. The van der Waals surface area contributed by atoms with Crippen LogP contribution in [0.5, 0.6) is 0 Å². The third-order valence-corrected chi connectivity index (χ3v) is 6.58. The van der Waals surface area contributed by atoms with E-state index in [-0.39, 0.29) is 2.85 Å². The molecule has 0 aliphatic heterocycles. The third-order valence-electron chi connectivity index (χ3n) is 6.58. The number of rotatable bonds is 6. The number of nitrogens with one attached hydrogen (secondary N) is 1. The van der Waals surface area contributed by atoms with E-state index >= 15 is 0 Å². The molecule has 0 amide bonds. The van der Waals surface area contributed by atoms with Gasteiger partial charge in [-0.15, -0.1) is 0 Å². The maximum absolute atomic E-state index is 10.5. The molecule has 5 nitrogen and oxygen atoms in total. The van der Waals surface area contributed by atoms with Crippen LogP contribution in [0.15, 0.2) is 133 Å². The fourth-order valence-electron chi connectivity index (χ4n) is 4.27. The van der Waals surface area contributed by atoms with Gasteiger partial charge < -0.3 is 22.5 Å². The zero-order valence-corrected chi connectivity index (χ0v) is 23.0.